The number of amides is 2. The molecule has 2 amide bonds. The maximum Gasteiger partial charge on any atom is 0.417 e. The average Bonchev–Trinajstić information content (AvgIpc) is 3.26. The minimum Gasteiger partial charge on any atom is -0.455 e. The number of nitrogens with one attached hydrogen (secondary N) is 3. The normalized spacial score (nSPS) is 11.2. The number of rotatable bonds is 6. The quantitative estimate of drug-likeness (QED) is 0.267. The van der Waals surface area contributed by atoms with E-state index in [1.807, 2.05) is 13.2 Å². The molecule has 0 unspecified atom stereocenters. The summed E-state index contributed by atoms with van der Waals surface area (Å²) >= 11 is 5.61. The summed E-state index contributed by atoms with van der Waals surface area (Å²) in [6, 6.07) is 10.6. The highest BCUT2D eigenvalue weighted by Gasteiger charge is 2.33. The zero-order chi connectivity index (χ0) is 25.9. The molecule has 8 nitrogen and oxygen atoms in total. The van der Waals surface area contributed by atoms with E-state index < -0.39 is 22.8 Å². The molecule has 2 aromatic carbocycles. The monoisotopic (exact) mass is 516 g/mol. The molecule has 0 aliphatic heterocycles. The number of nitrogens with zero attached hydrogens (tertiary/aromatic N) is 3. The summed E-state index contributed by atoms with van der Waals surface area (Å²) in [4.78, 5) is 16.7. The SMILES string of the molecule is CNc1c(Oc2ccc(NC(=O)Nc3ccc(Cl)c(C(F)(F)F)c3)cc2)ccnc1-c1cnn(C)c1. The molecule has 12 heteroatoms. The van der Waals surface area contributed by atoms with Crippen LogP contribution >= 0.6 is 11.6 Å². The number of aryl methyl sites for hydroxylation is 1. The molecule has 2 aromatic heterocycles. The number of alkyl halides is 3. The van der Waals surface area contributed by atoms with E-state index in [0.29, 0.717) is 28.6 Å². The Balaban J connectivity index is 1.44. The van der Waals surface area contributed by atoms with Gasteiger partial charge in [-0.15, -0.1) is 0 Å². The lowest BCUT2D eigenvalue weighted by Gasteiger charge is -2.14. The predicted octanol–water partition coefficient (Wildman–Crippen LogP) is 6.63. The highest BCUT2D eigenvalue weighted by Crippen LogP contribution is 2.37. The molecule has 0 spiro atoms. The minimum absolute atomic E-state index is 0.0501. The molecule has 36 heavy (non-hydrogen) atoms. The number of carbonyl (C=O) groups is 1. The maximum absolute atomic E-state index is 13.0. The Morgan fingerprint density at radius 2 is 1.75 bits per heavy atom. The summed E-state index contributed by atoms with van der Waals surface area (Å²) in [6.07, 6.45) is 0.528. The van der Waals surface area contributed by atoms with E-state index >= 15 is 0 Å². The fourth-order valence-electron chi connectivity index (χ4n) is 3.38. The Labute approximate surface area is 209 Å². The highest BCUT2D eigenvalue weighted by atomic mass is 35.5. The molecule has 186 valence electrons. The molecule has 0 saturated heterocycles. The first-order chi connectivity index (χ1) is 17.1. The Morgan fingerprint density at radius 3 is 2.39 bits per heavy atom. The van der Waals surface area contributed by atoms with Gasteiger partial charge in [0.05, 0.1) is 16.8 Å². The van der Waals surface area contributed by atoms with Gasteiger partial charge in [0, 0.05) is 49.5 Å². The van der Waals surface area contributed by atoms with Gasteiger partial charge in [0.2, 0.25) is 0 Å². The van der Waals surface area contributed by atoms with Crippen LogP contribution in [0.2, 0.25) is 5.02 Å². The number of hydrogen-bond donors (Lipinski definition) is 3. The van der Waals surface area contributed by atoms with Crippen molar-refractivity contribution in [1.29, 1.82) is 0 Å². The van der Waals surface area contributed by atoms with Crippen molar-refractivity contribution in [3.63, 3.8) is 0 Å². The summed E-state index contributed by atoms with van der Waals surface area (Å²) in [6.45, 7) is 0. The molecule has 2 heterocycles. The van der Waals surface area contributed by atoms with Gasteiger partial charge in [0.15, 0.2) is 5.75 Å². The summed E-state index contributed by atoms with van der Waals surface area (Å²) in [5, 5.41) is 11.7. The number of benzene rings is 2. The number of halogens is 4. The van der Waals surface area contributed by atoms with Gasteiger partial charge in [-0.05, 0) is 42.5 Å². The van der Waals surface area contributed by atoms with Crippen LogP contribution in [0.5, 0.6) is 11.5 Å². The van der Waals surface area contributed by atoms with Crippen LogP contribution in [0.1, 0.15) is 5.56 Å². The van der Waals surface area contributed by atoms with E-state index in [2.05, 4.69) is 26.0 Å². The third-order valence-corrected chi connectivity index (χ3v) is 5.34. The first-order valence-electron chi connectivity index (χ1n) is 10.5. The Morgan fingerprint density at radius 1 is 1.06 bits per heavy atom. The van der Waals surface area contributed by atoms with E-state index in [9.17, 15) is 18.0 Å². The average molecular weight is 517 g/mol. The number of pyridine rings is 1. The lowest BCUT2D eigenvalue weighted by atomic mass is 10.2. The van der Waals surface area contributed by atoms with Gasteiger partial charge in [-0.2, -0.15) is 18.3 Å². The molecule has 0 bridgehead atoms. The van der Waals surface area contributed by atoms with E-state index in [4.69, 9.17) is 16.3 Å². The largest absolute Gasteiger partial charge is 0.455 e. The van der Waals surface area contributed by atoms with Crippen molar-refractivity contribution < 1.29 is 22.7 Å². The van der Waals surface area contributed by atoms with Gasteiger partial charge in [0.25, 0.3) is 0 Å². The molecular formula is C24H20ClF3N6O2. The Kier molecular flexibility index (Phi) is 7.02. The number of aromatic nitrogens is 3. The number of urea groups is 1. The van der Waals surface area contributed by atoms with Crippen LogP contribution in [0, 0.1) is 0 Å². The summed E-state index contributed by atoms with van der Waals surface area (Å²) in [5.41, 5.74) is 1.49. The van der Waals surface area contributed by atoms with E-state index in [0.717, 1.165) is 17.7 Å². The van der Waals surface area contributed by atoms with Crippen LogP contribution in [0.3, 0.4) is 0 Å². The second-order valence-corrected chi connectivity index (χ2v) is 7.99. The molecule has 0 atom stereocenters. The number of hydrogen-bond acceptors (Lipinski definition) is 5. The molecule has 0 aliphatic carbocycles. The molecular weight excluding hydrogens is 497 g/mol. The van der Waals surface area contributed by atoms with E-state index in [1.165, 1.54) is 6.07 Å². The second kappa shape index (κ2) is 10.2. The van der Waals surface area contributed by atoms with E-state index in [-0.39, 0.29) is 5.69 Å². The Bertz CT molecular complexity index is 1390. The van der Waals surface area contributed by atoms with Crippen molar-refractivity contribution in [2.24, 2.45) is 7.05 Å². The van der Waals surface area contributed by atoms with Gasteiger partial charge in [-0.25, -0.2) is 4.79 Å². The van der Waals surface area contributed by atoms with Gasteiger partial charge in [-0.3, -0.25) is 9.67 Å². The topological polar surface area (TPSA) is 93.1 Å². The van der Waals surface area contributed by atoms with Crippen molar-refractivity contribution in [3.8, 4) is 22.8 Å². The highest BCUT2D eigenvalue weighted by molar-refractivity contribution is 6.31. The lowest BCUT2D eigenvalue weighted by Crippen LogP contribution is -2.19. The van der Waals surface area contributed by atoms with Crippen LogP contribution < -0.4 is 20.7 Å². The summed E-state index contributed by atoms with van der Waals surface area (Å²) < 4.78 is 46.8. The molecule has 4 rings (SSSR count). The second-order valence-electron chi connectivity index (χ2n) is 7.58. The molecule has 0 saturated carbocycles. The van der Waals surface area contributed by atoms with Gasteiger partial charge in [0.1, 0.15) is 17.1 Å². The van der Waals surface area contributed by atoms with Crippen molar-refractivity contribution in [2.75, 3.05) is 23.0 Å². The van der Waals surface area contributed by atoms with E-state index in [1.54, 1.807) is 54.5 Å². The molecule has 4 aromatic rings. The standard InChI is InChI=1S/C24H20ClF3N6O2/c1-29-22-20(9-10-30-21(22)14-12-31-34(2)13-14)36-17-6-3-15(4-7-17)32-23(35)33-16-5-8-19(25)18(11-16)24(26,27)28/h3-13,29H,1-2H3,(H2,32,33,35). The summed E-state index contributed by atoms with van der Waals surface area (Å²) in [7, 11) is 3.57. The minimum atomic E-state index is -4.64. The molecule has 3 N–H and O–H groups in total. The lowest BCUT2D eigenvalue weighted by molar-refractivity contribution is -0.137. The van der Waals surface area contributed by atoms with Crippen molar-refractivity contribution in [2.45, 2.75) is 6.18 Å². The summed E-state index contributed by atoms with van der Waals surface area (Å²) in [5.74, 6) is 1.03. The third kappa shape index (κ3) is 5.69. The van der Waals surface area contributed by atoms with Crippen LogP contribution in [0.15, 0.2) is 67.1 Å². The zero-order valence-electron chi connectivity index (χ0n) is 19.0. The van der Waals surface area contributed by atoms with Gasteiger partial charge < -0.3 is 20.7 Å². The molecule has 0 radical (unpaired) electrons. The Hall–Kier alpha value is -4.25. The van der Waals surface area contributed by atoms with Gasteiger partial charge >= 0.3 is 12.2 Å². The van der Waals surface area contributed by atoms with Crippen molar-refractivity contribution in [1.82, 2.24) is 14.8 Å². The van der Waals surface area contributed by atoms with Crippen molar-refractivity contribution >= 4 is 34.7 Å². The number of carbonyl (C=O) groups excluding carboxylic acids is 1. The molecule has 0 fully saturated rings. The maximum atomic E-state index is 13.0. The zero-order valence-corrected chi connectivity index (χ0v) is 19.8. The van der Waals surface area contributed by atoms with Crippen LogP contribution in [0.4, 0.5) is 35.0 Å². The molecule has 0 aliphatic rings. The van der Waals surface area contributed by atoms with Crippen LogP contribution in [0.25, 0.3) is 11.3 Å². The van der Waals surface area contributed by atoms with Gasteiger partial charge in [-0.1, -0.05) is 11.6 Å². The smallest absolute Gasteiger partial charge is 0.417 e. The van der Waals surface area contributed by atoms with Crippen LogP contribution in [-0.2, 0) is 13.2 Å². The number of anilines is 3. The first kappa shape index (κ1) is 24.9. The first-order valence-corrected chi connectivity index (χ1v) is 10.9. The fraction of sp³-hybridized carbons (Fsp3) is 0.125. The predicted molar refractivity (Wildman–Crippen MR) is 132 cm³/mol. The number of ether oxygens (including phenoxy) is 1. The van der Waals surface area contributed by atoms with Crippen molar-refractivity contribution in [3.05, 3.63) is 77.7 Å². The van der Waals surface area contributed by atoms with Crippen LogP contribution in [-0.4, -0.2) is 27.8 Å². The third-order valence-electron chi connectivity index (χ3n) is 5.01. The fourth-order valence-corrected chi connectivity index (χ4v) is 3.60.